The van der Waals surface area contributed by atoms with Crippen LogP contribution in [0.15, 0.2) is 14.4 Å². The van der Waals surface area contributed by atoms with Gasteiger partial charge in [0.1, 0.15) is 0 Å². The lowest BCUT2D eigenvalue weighted by atomic mass is 9.90. The fourth-order valence-corrected chi connectivity index (χ4v) is 3.15. The SMILES string of the molecule is Cn1c(=O)n(CCOCC2(C)COC2)c(=O)n(CCOCC2(C)COC2)c1=O. The molecule has 1 aromatic rings. The molecule has 3 rings (SSSR count). The average molecular weight is 399 g/mol. The lowest BCUT2D eigenvalue weighted by Gasteiger charge is -2.37. The lowest BCUT2D eigenvalue weighted by molar-refractivity contribution is -0.138. The highest BCUT2D eigenvalue weighted by Gasteiger charge is 2.34. The molecular weight excluding hydrogens is 370 g/mol. The van der Waals surface area contributed by atoms with Gasteiger partial charge < -0.3 is 18.9 Å². The summed E-state index contributed by atoms with van der Waals surface area (Å²) < 4.78 is 24.5. The summed E-state index contributed by atoms with van der Waals surface area (Å²) in [7, 11) is 1.36. The Morgan fingerprint density at radius 3 is 1.50 bits per heavy atom. The molecule has 0 N–H and O–H groups in total. The Kier molecular flexibility index (Phi) is 6.23. The summed E-state index contributed by atoms with van der Waals surface area (Å²) in [6, 6.07) is 0. The Hall–Kier alpha value is -1.75. The van der Waals surface area contributed by atoms with E-state index in [0.717, 1.165) is 13.7 Å². The molecule has 0 bridgehead atoms. The summed E-state index contributed by atoms with van der Waals surface area (Å²) in [6.07, 6.45) is 0. The van der Waals surface area contributed by atoms with Crippen LogP contribution in [0.4, 0.5) is 0 Å². The van der Waals surface area contributed by atoms with Crippen LogP contribution in [0.2, 0.25) is 0 Å². The highest BCUT2D eigenvalue weighted by atomic mass is 16.5. The second-order valence-corrected chi connectivity index (χ2v) is 8.42. The highest BCUT2D eigenvalue weighted by Crippen LogP contribution is 2.27. The minimum atomic E-state index is -0.645. The summed E-state index contributed by atoms with van der Waals surface area (Å²) in [4.78, 5) is 37.3. The summed E-state index contributed by atoms with van der Waals surface area (Å²) in [5.41, 5.74) is -1.94. The van der Waals surface area contributed by atoms with Gasteiger partial charge in [-0.15, -0.1) is 0 Å². The third kappa shape index (κ3) is 4.45. The molecule has 0 atom stereocenters. The smallest absolute Gasteiger partial charge is 0.336 e. The fraction of sp³-hybridized carbons (Fsp3) is 0.833. The zero-order valence-electron chi connectivity index (χ0n) is 16.8. The molecule has 158 valence electrons. The molecule has 2 saturated heterocycles. The van der Waals surface area contributed by atoms with E-state index in [1.54, 1.807) is 0 Å². The predicted octanol–water partition coefficient (Wildman–Crippen LogP) is -1.19. The Balaban J connectivity index is 1.60. The van der Waals surface area contributed by atoms with Crippen molar-refractivity contribution in [3.63, 3.8) is 0 Å². The minimum absolute atomic E-state index is 0.00579. The van der Waals surface area contributed by atoms with Crippen LogP contribution in [-0.4, -0.2) is 66.6 Å². The van der Waals surface area contributed by atoms with Crippen LogP contribution in [0, 0.1) is 10.8 Å². The van der Waals surface area contributed by atoms with Gasteiger partial charge in [-0.2, -0.15) is 0 Å². The Labute approximate surface area is 162 Å². The van der Waals surface area contributed by atoms with E-state index in [1.807, 2.05) is 0 Å². The molecule has 2 aliphatic rings. The minimum Gasteiger partial charge on any atom is -0.380 e. The molecule has 0 saturated carbocycles. The van der Waals surface area contributed by atoms with Crippen molar-refractivity contribution in [2.45, 2.75) is 26.9 Å². The van der Waals surface area contributed by atoms with E-state index in [-0.39, 0.29) is 37.1 Å². The molecule has 0 aromatic carbocycles. The standard InChI is InChI=1S/C18H29N3O7/c1-17(10-27-11-17)8-25-6-4-20-14(22)19(3)15(23)21(16(20)24)5-7-26-9-18(2)12-28-13-18/h4-13H2,1-3H3. The molecule has 3 heterocycles. The largest absolute Gasteiger partial charge is 0.380 e. The first-order valence-electron chi connectivity index (χ1n) is 9.46. The van der Waals surface area contributed by atoms with Gasteiger partial charge in [-0.1, -0.05) is 13.8 Å². The van der Waals surface area contributed by atoms with Crippen LogP contribution < -0.4 is 17.1 Å². The number of rotatable bonds is 10. The monoisotopic (exact) mass is 399 g/mol. The normalized spacial score (nSPS) is 19.8. The van der Waals surface area contributed by atoms with Crippen LogP contribution >= 0.6 is 0 Å². The van der Waals surface area contributed by atoms with Crippen LogP contribution in [0.1, 0.15) is 13.8 Å². The third-order valence-corrected chi connectivity index (χ3v) is 5.12. The quantitative estimate of drug-likeness (QED) is 0.456. The summed E-state index contributed by atoms with van der Waals surface area (Å²) in [6.45, 7) is 8.25. The summed E-state index contributed by atoms with van der Waals surface area (Å²) in [5, 5.41) is 0. The third-order valence-electron chi connectivity index (χ3n) is 5.12. The Bertz CT molecular complexity index is 795. The molecule has 0 unspecified atom stereocenters. The van der Waals surface area contributed by atoms with Gasteiger partial charge in [-0.05, 0) is 0 Å². The van der Waals surface area contributed by atoms with Crippen molar-refractivity contribution < 1.29 is 18.9 Å². The van der Waals surface area contributed by atoms with Crippen molar-refractivity contribution in [1.29, 1.82) is 0 Å². The molecule has 0 radical (unpaired) electrons. The Morgan fingerprint density at radius 2 is 1.18 bits per heavy atom. The predicted molar refractivity (Wildman–Crippen MR) is 99.7 cm³/mol. The van der Waals surface area contributed by atoms with Crippen LogP contribution in [0.3, 0.4) is 0 Å². The second-order valence-electron chi connectivity index (χ2n) is 8.42. The van der Waals surface area contributed by atoms with Crippen LogP contribution in [0.25, 0.3) is 0 Å². The molecule has 1 aromatic heterocycles. The summed E-state index contributed by atoms with van der Waals surface area (Å²) >= 11 is 0. The number of aromatic nitrogens is 3. The highest BCUT2D eigenvalue weighted by molar-refractivity contribution is 4.82. The summed E-state index contributed by atoms with van der Waals surface area (Å²) in [5.74, 6) is 0. The van der Waals surface area contributed by atoms with E-state index < -0.39 is 17.1 Å². The molecule has 28 heavy (non-hydrogen) atoms. The molecule has 2 aliphatic heterocycles. The molecule has 0 aliphatic carbocycles. The Morgan fingerprint density at radius 1 is 0.786 bits per heavy atom. The first-order chi connectivity index (χ1) is 13.2. The zero-order valence-corrected chi connectivity index (χ0v) is 16.8. The van der Waals surface area contributed by atoms with Crippen LogP contribution in [-0.2, 0) is 39.1 Å². The fourth-order valence-electron chi connectivity index (χ4n) is 3.15. The molecule has 10 heteroatoms. The molecule has 0 amide bonds. The number of hydrogen-bond donors (Lipinski definition) is 0. The first-order valence-corrected chi connectivity index (χ1v) is 9.46. The van der Waals surface area contributed by atoms with Crippen molar-refractivity contribution in [1.82, 2.24) is 13.7 Å². The number of hydrogen-bond acceptors (Lipinski definition) is 7. The maximum absolute atomic E-state index is 12.6. The van der Waals surface area contributed by atoms with E-state index in [4.69, 9.17) is 18.9 Å². The van der Waals surface area contributed by atoms with Gasteiger partial charge in [0.25, 0.3) is 0 Å². The zero-order chi connectivity index (χ0) is 20.4. The van der Waals surface area contributed by atoms with E-state index in [1.165, 1.54) is 7.05 Å². The molecule has 0 spiro atoms. The van der Waals surface area contributed by atoms with E-state index >= 15 is 0 Å². The lowest BCUT2D eigenvalue weighted by Crippen LogP contribution is -2.54. The van der Waals surface area contributed by atoms with Gasteiger partial charge in [-0.25, -0.2) is 28.1 Å². The first kappa shape index (κ1) is 21.0. The maximum atomic E-state index is 12.6. The van der Waals surface area contributed by atoms with E-state index in [0.29, 0.717) is 39.6 Å². The molecular formula is C18H29N3O7. The van der Waals surface area contributed by atoms with Gasteiger partial charge in [0.05, 0.1) is 65.9 Å². The maximum Gasteiger partial charge on any atom is 0.336 e. The van der Waals surface area contributed by atoms with Gasteiger partial charge in [-0.3, -0.25) is 0 Å². The van der Waals surface area contributed by atoms with E-state index in [2.05, 4.69) is 13.8 Å². The average Bonchev–Trinajstić information content (AvgIpc) is 2.62. The topological polar surface area (TPSA) is 103 Å². The van der Waals surface area contributed by atoms with Gasteiger partial charge in [0.2, 0.25) is 0 Å². The van der Waals surface area contributed by atoms with Crippen molar-refractivity contribution in [2.75, 3.05) is 52.9 Å². The van der Waals surface area contributed by atoms with Crippen molar-refractivity contribution >= 4 is 0 Å². The van der Waals surface area contributed by atoms with Gasteiger partial charge in [0, 0.05) is 17.9 Å². The van der Waals surface area contributed by atoms with Gasteiger partial charge in [0.15, 0.2) is 0 Å². The number of ether oxygens (including phenoxy) is 4. The van der Waals surface area contributed by atoms with Crippen molar-refractivity contribution in [3.8, 4) is 0 Å². The van der Waals surface area contributed by atoms with Crippen LogP contribution in [0.5, 0.6) is 0 Å². The molecule has 10 nitrogen and oxygen atoms in total. The van der Waals surface area contributed by atoms with Crippen molar-refractivity contribution in [2.24, 2.45) is 17.9 Å². The van der Waals surface area contributed by atoms with Crippen molar-refractivity contribution in [3.05, 3.63) is 31.5 Å². The number of nitrogens with zero attached hydrogens (tertiary/aromatic N) is 3. The second kappa shape index (κ2) is 8.32. The molecule has 2 fully saturated rings. The van der Waals surface area contributed by atoms with Gasteiger partial charge >= 0.3 is 17.1 Å². The van der Waals surface area contributed by atoms with E-state index in [9.17, 15) is 14.4 Å².